The Morgan fingerprint density at radius 3 is 2.75 bits per heavy atom. The van der Waals surface area contributed by atoms with Crippen LogP contribution in [0, 0.1) is 5.92 Å². The fourth-order valence-corrected chi connectivity index (χ4v) is 1.63. The van der Waals surface area contributed by atoms with Gasteiger partial charge in [0.1, 0.15) is 0 Å². The summed E-state index contributed by atoms with van der Waals surface area (Å²) in [6.07, 6.45) is 3.34. The van der Waals surface area contributed by atoms with E-state index in [0.717, 1.165) is 12.5 Å². The minimum atomic E-state index is -1.02. The van der Waals surface area contributed by atoms with Crippen LogP contribution in [0.1, 0.15) is 25.8 Å². The van der Waals surface area contributed by atoms with Crippen molar-refractivity contribution in [3.63, 3.8) is 0 Å². The van der Waals surface area contributed by atoms with E-state index >= 15 is 0 Å². The number of aliphatic carboxylic acids is 1. The van der Waals surface area contributed by atoms with Gasteiger partial charge in [0.2, 0.25) is 5.91 Å². The summed E-state index contributed by atoms with van der Waals surface area (Å²) in [6, 6.07) is 6.37. The second-order valence-electron chi connectivity index (χ2n) is 4.70. The van der Waals surface area contributed by atoms with Crippen LogP contribution < -0.4 is 11.1 Å². The first-order chi connectivity index (χ1) is 9.43. The van der Waals surface area contributed by atoms with Gasteiger partial charge in [-0.3, -0.25) is 4.79 Å². The first-order valence-electron chi connectivity index (χ1n) is 6.51. The molecule has 0 bridgehead atoms. The Balaban J connectivity index is 2.76. The Hall–Kier alpha value is -2.14. The summed E-state index contributed by atoms with van der Waals surface area (Å²) >= 11 is 0. The van der Waals surface area contributed by atoms with E-state index in [1.165, 1.54) is 6.08 Å². The van der Waals surface area contributed by atoms with E-state index in [2.05, 4.69) is 5.32 Å². The molecule has 0 saturated heterocycles. The molecule has 0 aliphatic carbocycles. The first-order valence-corrected chi connectivity index (χ1v) is 6.51. The molecule has 0 spiro atoms. The van der Waals surface area contributed by atoms with Crippen LogP contribution in [-0.2, 0) is 9.59 Å². The highest BCUT2D eigenvalue weighted by Crippen LogP contribution is 2.14. The molecule has 0 aromatic heterocycles. The SMILES string of the molecule is CCC(C)[C@H](N)C(=O)Nc1cccc(/C=C/C(=O)O)c1. The lowest BCUT2D eigenvalue weighted by molar-refractivity contribution is -0.131. The van der Waals surface area contributed by atoms with Gasteiger partial charge in [0.15, 0.2) is 0 Å². The van der Waals surface area contributed by atoms with Crippen LogP contribution in [0.15, 0.2) is 30.3 Å². The monoisotopic (exact) mass is 276 g/mol. The number of rotatable bonds is 6. The first kappa shape index (κ1) is 15.9. The minimum absolute atomic E-state index is 0.102. The molecular weight excluding hydrogens is 256 g/mol. The average Bonchev–Trinajstić information content (AvgIpc) is 2.43. The number of nitrogens with two attached hydrogens (primary N) is 1. The molecule has 1 amide bonds. The van der Waals surface area contributed by atoms with E-state index in [4.69, 9.17) is 10.8 Å². The predicted molar refractivity (Wildman–Crippen MR) is 79.2 cm³/mol. The number of hydrogen-bond donors (Lipinski definition) is 3. The molecule has 0 heterocycles. The van der Waals surface area contributed by atoms with E-state index in [1.54, 1.807) is 24.3 Å². The Kier molecular flexibility index (Phi) is 5.93. The lowest BCUT2D eigenvalue weighted by atomic mass is 9.99. The third-order valence-corrected chi connectivity index (χ3v) is 3.13. The van der Waals surface area contributed by atoms with Gasteiger partial charge in [-0.25, -0.2) is 4.79 Å². The van der Waals surface area contributed by atoms with Crippen LogP contribution in [0.5, 0.6) is 0 Å². The van der Waals surface area contributed by atoms with Gasteiger partial charge in [0.25, 0.3) is 0 Å². The van der Waals surface area contributed by atoms with Gasteiger partial charge in [0.05, 0.1) is 6.04 Å². The molecule has 0 radical (unpaired) electrons. The molecular formula is C15H20N2O3. The average molecular weight is 276 g/mol. The van der Waals surface area contributed by atoms with Crippen molar-refractivity contribution in [3.05, 3.63) is 35.9 Å². The van der Waals surface area contributed by atoms with Crippen LogP contribution in [-0.4, -0.2) is 23.0 Å². The molecule has 20 heavy (non-hydrogen) atoms. The minimum Gasteiger partial charge on any atom is -0.478 e. The highest BCUT2D eigenvalue weighted by molar-refractivity contribution is 5.95. The quantitative estimate of drug-likeness (QED) is 0.694. The van der Waals surface area contributed by atoms with Gasteiger partial charge in [0, 0.05) is 11.8 Å². The highest BCUT2D eigenvalue weighted by Gasteiger charge is 2.19. The van der Waals surface area contributed by atoms with E-state index in [-0.39, 0.29) is 11.8 Å². The third-order valence-electron chi connectivity index (χ3n) is 3.13. The summed E-state index contributed by atoms with van der Waals surface area (Å²) in [7, 11) is 0. The second-order valence-corrected chi connectivity index (χ2v) is 4.70. The van der Waals surface area contributed by atoms with Gasteiger partial charge in [-0.1, -0.05) is 32.4 Å². The fourth-order valence-electron chi connectivity index (χ4n) is 1.63. The van der Waals surface area contributed by atoms with Gasteiger partial charge in [-0.2, -0.15) is 0 Å². The van der Waals surface area contributed by atoms with Gasteiger partial charge < -0.3 is 16.2 Å². The number of hydrogen-bond acceptors (Lipinski definition) is 3. The molecule has 1 rings (SSSR count). The number of anilines is 1. The van der Waals surface area contributed by atoms with Crippen molar-refractivity contribution in [3.8, 4) is 0 Å². The lowest BCUT2D eigenvalue weighted by Crippen LogP contribution is -2.40. The molecule has 0 aliphatic heterocycles. The zero-order valence-corrected chi connectivity index (χ0v) is 11.7. The zero-order valence-electron chi connectivity index (χ0n) is 11.7. The van der Waals surface area contributed by atoms with E-state index in [9.17, 15) is 9.59 Å². The molecule has 1 aromatic carbocycles. The van der Waals surface area contributed by atoms with Crippen molar-refractivity contribution < 1.29 is 14.7 Å². The Labute approximate surface area is 118 Å². The van der Waals surface area contributed by atoms with Gasteiger partial charge in [-0.15, -0.1) is 0 Å². The normalized spacial score (nSPS) is 13.9. The number of carboxylic acids is 1. The summed E-state index contributed by atoms with van der Waals surface area (Å²) < 4.78 is 0. The maximum atomic E-state index is 11.9. The topological polar surface area (TPSA) is 92.4 Å². The zero-order chi connectivity index (χ0) is 15.1. The van der Waals surface area contributed by atoms with Gasteiger partial charge in [-0.05, 0) is 29.7 Å². The summed E-state index contributed by atoms with van der Waals surface area (Å²) in [5, 5.41) is 11.3. The Morgan fingerprint density at radius 2 is 2.15 bits per heavy atom. The molecule has 5 nitrogen and oxygen atoms in total. The molecule has 108 valence electrons. The highest BCUT2D eigenvalue weighted by atomic mass is 16.4. The number of nitrogens with one attached hydrogen (secondary N) is 1. The number of carboxylic acid groups (broad SMARTS) is 1. The van der Waals surface area contributed by atoms with Crippen molar-refractivity contribution in [2.45, 2.75) is 26.3 Å². The molecule has 2 atom stereocenters. The van der Waals surface area contributed by atoms with Crippen LogP contribution >= 0.6 is 0 Å². The van der Waals surface area contributed by atoms with Gasteiger partial charge >= 0.3 is 5.97 Å². The van der Waals surface area contributed by atoms with E-state index in [1.807, 2.05) is 13.8 Å². The number of benzene rings is 1. The lowest BCUT2D eigenvalue weighted by Gasteiger charge is -2.17. The Morgan fingerprint density at radius 1 is 1.45 bits per heavy atom. The molecule has 4 N–H and O–H groups in total. The maximum absolute atomic E-state index is 11.9. The number of amides is 1. The summed E-state index contributed by atoms with van der Waals surface area (Å²) in [4.78, 5) is 22.4. The van der Waals surface area contributed by atoms with Crippen LogP contribution in [0.3, 0.4) is 0 Å². The second kappa shape index (κ2) is 7.45. The largest absolute Gasteiger partial charge is 0.478 e. The van der Waals surface area contributed by atoms with Crippen molar-refractivity contribution in [1.82, 2.24) is 0 Å². The predicted octanol–water partition coefficient (Wildman–Crippen LogP) is 2.10. The molecule has 0 saturated carbocycles. The van der Waals surface area contributed by atoms with Crippen molar-refractivity contribution in [1.29, 1.82) is 0 Å². The molecule has 1 unspecified atom stereocenters. The van der Waals surface area contributed by atoms with E-state index in [0.29, 0.717) is 11.3 Å². The van der Waals surface area contributed by atoms with Crippen molar-refractivity contribution >= 4 is 23.6 Å². The van der Waals surface area contributed by atoms with Crippen molar-refractivity contribution in [2.24, 2.45) is 11.7 Å². The van der Waals surface area contributed by atoms with Crippen LogP contribution in [0.25, 0.3) is 6.08 Å². The standard InChI is InChI=1S/C15H20N2O3/c1-3-10(2)14(16)15(20)17-12-6-4-5-11(9-12)7-8-13(18)19/h4-10,14H,3,16H2,1-2H3,(H,17,20)(H,18,19)/b8-7+/t10?,14-/m0/s1. The maximum Gasteiger partial charge on any atom is 0.328 e. The number of carbonyl (C=O) groups is 2. The van der Waals surface area contributed by atoms with E-state index < -0.39 is 12.0 Å². The summed E-state index contributed by atoms with van der Waals surface area (Å²) in [5.41, 5.74) is 7.15. The molecule has 0 fully saturated rings. The fraction of sp³-hybridized carbons (Fsp3) is 0.333. The smallest absolute Gasteiger partial charge is 0.328 e. The Bertz CT molecular complexity index is 512. The third kappa shape index (κ3) is 4.85. The summed E-state index contributed by atoms with van der Waals surface area (Å²) in [6.45, 7) is 3.91. The molecule has 5 heteroatoms. The molecule has 0 aliphatic rings. The molecule has 1 aromatic rings. The number of carbonyl (C=O) groups excluding carboxylic acids is 1. The van der Waals surface area contributed by atoms with Crippen LogP contribution in [0.4, 0.5) is 5.69 Å². The van der Waals surface area contributed by atoms with Crippen LogP contribution in [0.2, 0.25) is 0 Å². The van der Waals surface area contributed by atoms with Crippen molar-refractivity contribution in [2.75, 3.05) is 5.32 Å². The summed E-state index contributed by atoms with van der Waals surface area (Å²) in [5.74, 6) is -1.15.